The third-order valence-corrected chi connectivity index (χ3v) is 6.72. The molecule has 15 heteroatoms. The molecule has 0 amide bonds. The number of allylic oxidation sites excluding steroid dienone is 1. The summed E-state index contributed by atoms with van der Waals surface area (Å²) in [7, 11) is -6.00. The molecule has 0 spiro atoms. The SMILES string of the molecule is CC(C)[C@H]1COC(C(C)(C2=N[C@@H](C(C)C)CO2)C2=N[C@@H](C(C)C)CO2)=N1.CCOC(=O)/C(C)=C(/C)[O-].F[B-](F)(F)F.[Cu+2]. The third kappa shape index (κ3) is 11.8. The predicted octanol–water partition coefficient (Wildman–Crippen LogP) is 4.85. The summed E-state index contributed by atoms with van der Waals surface area (Å²) in [6.45, 7) is 21.6. The van der Waals surface area contributed by atoms with Crippen LogP contribution < -0.4 is 5.11 Å². The minimum absolute atomic E-state index is 0. The van der Waals surface area contributed by atoms with E-state index in [-0.39, 0.29) is 46.5 Å². The van der Waals surface area contributed by atoms with Gasteiger partial charge in [0.2, 0.25) is 17.7 Å². The van der Waals surface area contributed by atoms with E-state index in [1.807, 2.05) is 6.92 Å². The number of hydrogen-bond donors (Lipinski definition) is 0. The van der Waals surface area contributed by atoms with Crippen molar-refractivity contribution >= 4 is 30.9 Å². The molecule has 42 heavy (non-hydrogen) atoms. The molecule has 0 N–H and O–H groups in total. The molecule has 3 aliphatic heterocycles. The number of aliphatic imine (C=N–C) groups is 3. The first-order chi connectivity index (χ1) is 18.8. The van der Waals surface area contributed by atoms with Crippen LogP contribution in [-0.2, 0) is 40.8 Å². The molecule has 3 atom stereocenters. The van der Waals surface area contributed by atoms with Crippen LogP contribution in [0.1, 0.15) is 69.2 Å². The third-order valence-electron chi connectivity index (χ3n) is 6.72. The minimum Gasteiger partial charge on any atom is -0.875 e. The molecule has 0 bridgehead atoms. The summed E-state index contributed by atoms with van der Waals surface area (Å²) < 4.78 is 61.7. The van der Waals surface area contributed by atoms with E-state index in [0.29, 0.717) is 61.9 Å². The number of ether oxygens (including phenoxy) is 4. The van der Waals surface area contributed by atoms with Gasteiger partial charge in [-0.25, -0.2) is 19.8 Å². The van der Waals surface area contributed by atoms with Gasteiger partial charge in [-0.05, 0) is 38.5 Å². The molecule has 245 valence electrons. The second-order valence-electron chi connectivity index (χ2n) is 11.2. The Bertz CT molecular complexity index is 925. The van der Waals surface area contributed by atoms with Gasteiger partial charge in [0.05, 0.1) is 24.7 Å². The average molecular weight is 657 g/mol. The molecule has 3 heterocycles. The summed E-state index contributed by atoms with van der Waals surface area (Å²) in [4.78, 5) is 25.3. The number of nitrogens with zero attached hydrogens (tertiary/aromatic N) is 3. The fourth-order valence-electron chi connectivity index (χ4n) is 3.67. The van der Waals surface area contributed by atoms with Gasteiger partial charge in [-0.15, -0.1) is 5.76 Å². The molecule has 0 unspecified atom stereocenters. The van der Waals surface area contributed by atoms with Gasteiger partial charge < -0.3 is 41.3 Å². The van der Waals surface area contributed by atoms with E-state index in [0.717, 1.165) is 0 Å². The van der Waals surface area contributed by atoms with Crippen LogP contribution in [0.25, 0.3) is 0 Å². The molecule has 0 saturated heterocycles. The van der Waals surface area contributed by atoms with Crippen LogP contribution in [0, 0.1) is 23.2 Å². The first kappa shape index (κ1) is 39.7. The number of esters is 1. The molecule has 3 aliphatic rings. The maximum atomic E-state index is 10.7. The van der Waals surface area contributed by atoms with Crippen molar-refractivity contribution in [1.29, 1.82) is 0 Å². The molecule has 0 aromatic heterocycles. The van der Waals surface area contributed by atoms with E-state index in [1.165, 1.54) is 13.8 Å². The van der Waals surface area contributed by atoms with Crippen molar-refractivity contribution in [3.8, 4) is 0 Å². The summed E-state index contributed by atoms with van der Waals surface area (Å²) in [5, 5.41) is 10.5. The van der Waals surface area contributed by atoms with E-state index in [2.05, 4.69) is 46.3 Å². The van der Waals surface area contributed by atoms with E-state index in [9.17, 15) is 27.2 Å². The minimum atomic E-state index is -6.00. The second-order valence-corrected chi connectivity index (χ2v) is 11.2. The first-order valence-electron chi connectivity index (χ1n) is 13.8. The Labute approximate surface area is 257 Å². The van der Waals surface area contributed by atoms with Crippen molar-refractivity contribution in [3.05, 3.63) is 11.3 Å². The number of hydrogen-bond acceptors (Lipinski definition) is 9. The van der Waals surface area contributed by atoms with Gasteiger partial charge in [-0.2, -0.15) is 0 Å². The summed E-state index contributed by atoms with van der Waals surface area (Å²) >= 11 is 0. The number of carbonyl (C=O) groups excluding carboxylic acids is 1. The van der Waals surface area contributed by atoms with E-state index >= 15 is 0 Å². The van der Waals surface area contributed by atoms with Crippen LogP contribution in [-0.4, -0.2) is 75.5 Å². The van der Waals surface area contributed by atoms with Crippen molar-refractivity contribution in [2.75, 3.05) is 26.4 Å². The van der Waals surface area contributed by atoms with E-state index in [1.54, 1.807) is 6.92 Å². The van der Waals surface area contributed by atoms with Crippen LogP contribution >= 0.6 is 0 Å². The number of halogens is 4. The van der Waals surface area contributed by atoms with Crippen molar-refractivity contribution in [2.24, 2.45) is 38.1 Å². The zero-order valence-corrected chi connectivity index (χ0v) is 26.9. The van der Waals surface area contributed by atoms with Gasteiger partial charge >= 0.3 is 30.3 Å². The van der Waals surface area contributed by atoms with Crippen LogP contribution in [0.4, 0.5) is 17.3 Å². The molecular weight excluding hydrogens is 613 g/mol. The normalized spacial score (nSPS) is 22.2. The van der Waals surface area contributed by atoms with Crippen molar-refractivity contribution in [3.63, 3.8) is 0 Å². The zero-order chi connectivity index (χ0) is 31.7. The largest absolute Gasteiger partial charge is 2.00 e. The van der Waals surface area contributed by atoms with E-state index in [4.69, 9.17) is 29.2 Å². The average Bonchev–Trinajstić information content (AvgIpc) is 3.63. The quantitative estimate of drug-likeness (QED) is 0.121. The molecule has 0 fully saturated rings. The summed E-state index contributed by atoms with van der Waals surface area (Å²) in [5.41, 5.74) is -0.626. The summed E-state index contributed by atoms with van der Waals surface area (Å²) in [6.07, 6.45) is 0. The molecule has 0 saturated carbocycles. The maximum absolute atomic E-state index is 10.7. The Morgan fingerprint density at radius 2 is 1.14 bits per heavy atom. The second kappa shape index (κ2) is 17.1. The Morgan fingerprint density at radius 3 is 1.33 bits per heavy atom. The standard InChI is InChI=1S/C20H33N3O3.C7H12O3.BF4.Cu/c1-11(2)14-8-24-17(21-14)20(7,18-22-15(9-25-18)12(3)4)19-23-16(10-26-19)13(5)6;1-4-10-7(9)5(2)6(3)8;2-1(3,4)5;/h11-16H,8-10H2,1-7H3;8H,4H2,1-3H3;;/q;;-1;+2/p-1/b;6-5-;;/t14-,15-,16-;;;/m1.../s1. The molecule has 9 nitrogen and oxygen atoms in total. The molecule has 0 aliphatic carbocycles. The fraction of sp³-hybridized carbons (Fsp3) is 0.778. The van der Waals surface area contributed by atoms with Crippen molar-refractivity contribution < 1.29 is 63.2 Å². The van der Waals surface area contributed by atoms with Crippen LogP contribution in [0.2, 0.25) is 0 Å². The monoisotopic (exact) mass is 656 g/mol. The summed E-state index contributed by atoms with van der Waals surface area (Å²) in [5.74, 6) is 2.38. The van der Waals surface area contributed by atoms with E-state index < -0.39 is 18.6 Å². The number of rotatable bonds is 8. The number of carbonyl (C=O) groups is 1. The Morgan fingerprint density at radius 1 is 0.857 bits per heavy atom. The van der Waals surface area contributed by atoms with Gasteiger partial charge in [0.1, 0.15) is 19.8 Å². The predicted molar refractivity (Wildman–Crippen MR) is 149 cm³/mol. The van der Waals surface area contributed by atoms with Gasteiger partial charge in [-0.1, -0.05) is 48.5 Å². The zero-order valence-electron chi connectivity index (χ0n) is 26.0. The van der Waals surface area contributed by atoms with Crippen LogP contribution in [0.5, 0.6) is 0 Å². The Kier molecular flexibility index (Phi) is 16.2. The van der Waals surface area contributed by atoms with Crippen LogP contribution in [0.15, 0.2) is 26.3 Å². The smallest absolute Gasteiger partial charge is 0.875 e. The van der Waals surface area contributed by atoms with Gasteiger partial charge in [0.15, 0.2) is 5.41 Å². The molecule has 3 rings (SSSR count). The van der Waals surface area contributed by atoms with Gasteiger partial charge in [-0.3, -0.25) is 0 Å². The Balaban J connectivity index is 0.000000877. The Hall–Kier alpha value is -2.28. The topological polar surface area (TPSA) is 114 Å². The fourth-order valence-corrected chi connectivity index (χ4v) is 3.67. The molecule has 0 aromatic carbocycles. The van der Waals surface area contributed by atoms with Gasteiger partial charge in [0, 0.05) is 5.57 Å². The van der Waals surface area contributed by atoms with Crippen LogP contribution in [0.3, 0.4) is 0 Å². The maximum Gasteiger partial charge on any atom is 2.00 e. The summed E-state index contributed by atoms with van der Waals surface area (Å²) in [6, 6.07) is 0.445. The molecule has 0 aromatic rings. The van der Waals surface area contributed by atoms with Crippen molar-refractivity contribution in [1.82, 2.24) is 0 Å². The molecular formula is C27H44BCuF4N3O6. The first-order valence-corrected chi connectivity index (χ1v) is 13.8. The van der Waals surface area contributed by atoms with Crippen molar-refractivity contribution in [2.45, 2.75) is 87.4 Å². The van der Waals surface area contributed by atoms with Gasteiger partial charge in [0.25, 0.3) is 0 Å². The molecule has 1 radical (unpaired) electrons.